The van der Waals surface area contributed by atoms with Gasteiger partial charge in [0, 0.05) is 6.54 Å². The van der Waals surface area contributed by atoms with Crippen LogP contribution in [-0.2, 0) is 14.4 Å². The van der Waals surface area contributed by atoms with Crippen LogP contribution >= 0.6 is 0 Å². The van der Waals surface area contributed by atoms with Crippen LogP contribution in [0.2, 0.25) is 0 Å². The Bertz CT molecular complexity index is 383. The van der Waals surface area contributed by atoms with E-state index in [1.807, 2.05) is 13.8 Å². The maximum atomic E-state index is 12.5. The lowest BCUT2D eigenvalue weighted by Gasteiger charge is -2.26. The van der Waals surface area contributed by atoms with E-state index in [1.165, 1.54) is 4.90 Å². The highest BCUT2D eigenvalue weighted by Crippen LogP contribution is 2.37. The molecule has 0 bridgehead atoms. The van der Waals surface area contributed by atoms with Crippen LogP contribution in [0.25, 0.3) is 0 Å². The number of amides is 2. The Morgan fingerprint density at radius 3 is 2.35 bits per heavy atom. The van der Waals surface area contributed by atoms with Gasteiger partial charge in [0.25, 0.3) is 0 Å². The number of hydrogen-bond donors (Lipinski definition) is 2. The van der Waals surface area contributed by atoms with Gasteiger partial charge in [0.05, 0.1) is 18.4 Å². The van der Waals surface area contributed by atoms with Gasteiger partial charge in [-0.2, -0.15) is 0 Å². The maximum Gasteiger partial charge on any atom is 0.307 e. The number of carboxylic acids is 1. The van der Waals surface area contributed by atoms with Crippen molar-refractivity contribution in [3.8, 4) is 0 Å². The van der Waals surface area contributed by atoms with Crippen LogP contribution in [0, 0.1) is 17.8 Å². The molecule has 20 heavy (non-hydrogen) atoms. The van der Waals surface area contributed by atoms with Gasteiger partial charge in [-0.3, -0.25) is 14.4 Å². The van der Waals surface area contributed by atoms with Gasteiger partial charge < -0.3 is 15.7 Å². The Hall–Kier alpha value is -1.59. The molecule has 0 aromatic carbocycles. The first-order valence-electron chi connectivity index (χ1n) is 7.16. The molecule has 0 spiro atoms. The molecule has 0 radical (unpaired) electrons. The summed E-state index contributed by atoms with van der Waals surface area (Å²) in [5, 5.41) is 9.23. The number of unbranched alkanes of at least 4 members (excludes halogenated alkanes) is 1. The summed E-state index contributed by atoms with van der Waals surface area (Å²) >= 11 is 0. The Kier molecular flexibility index (Phi) is 5.98. The molecule has 2 amide bonds. The van der Waals surface area contributed by atoms with E-state index in [4.69, 9.17) is 5.73 Å². The van der Waals surface area contributed by atoms with Gasteiger partial charge in [-0.25, -0.2) is 0 Å². The zero-order chi connectivity index (χ0) is 15.3. The second kappa shape index (κ2) is 7.26. The molecule has 0 aliphatic heterocycles. The van der Waals surface area contributed by atoms with Gasteiger partial charge in [0.1, 0.15) is 0 Å². The lowest BCUT2D eigenvalue weighted by Crippen LogP contribution is -2.44. The maximum absolute atomic E-state index is 12.5. The van der Waals surface area contributed by atoms with E-state index in [1.54, 1.807) is 0 Å². The van der Waals surface area contributed by atoms with Crippen molar-refractivity contribution >= 4 is 17.8 Å². The van der Waals surface area contributed by atoms with Gasteiger partial charge >= 0.3 is 5.97 Å². The van der Waals surface area contributed by atoms with Crippen LogP contribution < -0.4 is 5.73 Å². The minimum atomic E-state index is -0.929. The smallest absolute Gasteiger partial charge is 0.307 e. The van der Waals surface area contributed by atoms with E-state index < -0.39 is 23.7 Å². The first-order chi connectivity index (χ1) is 9.36. The normalized spacial score (nSPS) is 25.4. The Balaban J connectivity index is 2.81. The Labute approximate surface area is 119 Å². The summed E-state index contributed by atoms with van der Waals surface area (Å²) in [6, 6.07) is 0. The quantitative estimate of drug-likeness (QED) is 0.723. The molecule has 0 saturated heterocycles. The number of nitrogens with zero attached hydrogens (tertiary/aromatic N) is 1. The monoisotopic (exact) mass is 284 g/mol. The third kappa shape index (κ3) is 4.21. The first-order valence-corrected chi connectivity index (χ1v) is 7.16. The van der Waals surface area contributed by atoms with Crippen molar-refractivity contribution in [3.05, 3.63) is 0 Å². The average molecular weight is 284 g/mol. The molecule has 114 valence electrons. The third-order valence-electron chi connectivity index (χ3n) is 3.87. The average Bonchev–Trinajstić information content (AvgIpc) is 2.75. The highest BCUT2D eigenvalue weighted by Gasteiger charge is 2.42. The lowest BCUT2D eigenvalue weighted by molar-refractivity contribution is -0.149. The van der Waals surface area contributed by atoms with Crippen LogP contribution in [0.4, 0.5) is 0 Å². The van der Waals surface area contributed by atoms with Crippen molar-refractivity contribution in [1.29, 1.82) is 0 Å². The summed E-state index contributed by atoms with van der Waals surface area (Å²) in [7, 11) is 0. The summed E-state index contributed by atoms with van der Waals surface area (Å²) in [5.41, 5.74) is 5.17. The lowest BCUT2D eigenvalue weighted by atomic mass is 9.94. The molecule has 1 fully saturated rings. The number of carboxylic acid groups (broad SMARTS) is 1. The van der Waals surface area contributed by atoms with E-state index >= 15 is 0 Å². The second-order valence-corrected chi connectivity index (χ2v) is 5.71. The summed E-state index contributed by atoms with van der Waals surface area (Å²) in [6.07, 6.45) is 2.76. The van der Waals surface area contributed by atoms with Crippen molar-refractivity contribution in [2.24, 2.45) is 23.5 Å². The van der Waals surface area contributed by atoms with Crippen LogP contribution in [0.1, 0.15) is 39.5 Å². The second-order valence-electron chi connectivity index (χ2n) is 5.71. The van der Waals surface area contributed by atoms with Gasteiger partial charge in [0.15, 0.2) is 0 Å². The Morgan fingerprint density at radius 2 is 1.85 bits per heavy atom. The zero-order valence-corrected chi connectivity index (χ0v) is 12.2. The number of nitrogens with two attached hydrogens (primary N) is 1. The van der Waals surface area contributed by atoms with Gasteiger partial charge in [-0.15, -0.1) is 0 Å². The van der Waals surface area contributed by atoms with E-state index in [0.717, 1.165) is 12.8 Å². The number of carbonyl (C=O) groups is 3. The van der Waals surface area contributed by atoms with Gasteiger partial charge in [0.2, 0.25) is 11.8 Å². The van der Waals surface area contributed by atoms with E-state index in [2.05, 4.69) is 0 Å². The minimum Gasteiger partial charge on any atom is -0.481 e. The standard InChI is InChI=1S/C14H24N2O4/c1-3-4-5-16(8-12(15)17)13(18)10-6-9(2)7-11(10)14(19)20/h9-11H,3-8H2,1-2H3,(H2,15,17)(H,19,20). The van der Waals surface area contributed by atoms with Crippen molar-refractivity contribution < 1.29 is 19.5 Å². The highest BCUT2D eigenvalue weighted by molar-refractivity contribution is 5.88. The van der Waals surface area contributed by atoms with Crippen molar-refractivity contribution in [1.82, 2.24) is 4.90 Å². The van der Waals surface area contributed by atoms with Crippen LogP contribution in [0.15, 0.2) is 0 Å². The van der Waals surface area contributed by atoms with Crippen LogP contribution in [-0.4, -0.2) is 40.9 Å². The molecule has 3 atom stereocenters. The molecule has 0 aromatic rings. The molecule has 3 unspecified atom stereocenters. The summed E-state index contributed by atoms with van der Waals surface area (Å²) in [4.78, 5) is 36.3. The fraction of sp³-hybridized carbons (Fsp3) is 0.786. The zero-order valence-electron chi connectivity index (χ0n) is 12.2. The fourth-order valence-corrected chi connectivity index (χ4v) is 2.88. The molecule has 1 aliphatic rings. The largest absolute Gasteiger partial charge is 0.481 e. The van der Waals surface area contributed by atoms with Crippen molar-refractivity contribution in [3.63, 3.8) is 0 Å². The molecule has 1 rings (SSSR count). The van der Waals surface area contributed by atoms with Gasteiger partial charge in [-0.05, 0) is 25.2 Å². The molecule has 6 heteroatoms. The van der Waals surface area contributed by atoms with Crippen LogP contribution in [0.5, 0.6) is 0 Å². The van der Waals surface area contributed by atoms with Gasteiger partial charge in [-0.1, -0.05) is 20.3 Å². The van der Waals surface area contributed by atoms with E-state index in [-0.39, 0.29) is 18.4 Å². The molecular weight excluding hydrogens is 260 g/mol. The molecule has 6 nitrogen and oxygen atoms in total. The number of aliphatic carboxylic acids is 1. The molecular formula is C14H24N2O4. The number of rotatable bonds is 7. The molecule has 3 N–H and O–H groups in total. The topological polar surface area (TPSA) is 101 Å². The fourth-order valence-electron chi connectivity index (χ4n) is 2.88. The first kappa shape index (κ1) is 16.5. The number of carbonyl (C=O) groups excluding carboxylic acids is 2. The van der Waals surface area contributed by atoms with Crippen LogP contribution in [0.3, 0.4) is 0 Å². The highest BCUT2D eigenvalue weighted by atomic mass is 16.4. The van der Waals surface area contributed by atoms with Crippen molar-refractivity contribution in [2.75, 3.05) is 13.1 Å². The molecule has 0 heterocycles. The third-order valence-corrected chi connectivity index (χ3v) is 3.87. The summed E-state index contributed by atoms with van der Waals surface area (Å²) in [5.74, 6) is -2.69. The molecule has 1 aliphatic carbocycles. The summed E-state index contributed by atoms with van der Waals surface area (Å²) in [6.45, 7) is 4.27. The van der Waals surface area contributed by atoms with E-state index in [0.29, 0.717) is 19.4 Å². The Morgan fingerprint density at radius 1 is 1.25 bits per heavy atom. The molecule has 0 aromatic heterocycles. The van der Waals surface area contributed by atoms with E-state index in [9.17, 15) is 19.5 Å². The number of primary amides is 1. The minimum absolute atomic E-state index is 0.129. The predicted octanol–water partition coefficient (Wildman–Crippen LogP) is 0.847. The summed E-state index contributed by atoms with van der Waals surface area (Å²) < 4.78 is 0. The SMILES string of the molecule is CCCCN(CC(N)=O)C(=O)C1CC(C)CC1C(=O)O. The number of hydrogen-bond acceptors (Lipinski definition) is 3. The van der Waals surface area contributed by atoms with Crippen molar-refractivity contribution in [2.45, 2.75) is 39.5 Å². The predicted molar refractivity (Wildman–Crippen MR) is 73.7 cm³/mol. The molecule has 1 saturated carbocycles.